The summed E-state index contributed by atoms with van der Waals surface area (Å²) in [6.07, 6.45) is 4.75. The van der Waals surface area contributed by atoms with E-state index in [9.17, 15) is 19.1 Å². The van der Waals surface area contributed by atoms with Crippen molar-refractivity contribution in [2.45, 2.75) is 20.3 Å². The van der Waals surface area contributed by atoms with Gasteiger partial charge in [-0.3, -0.25) is 9.20 Å². The normalized spacial score (nSPS) is 11.1. The second-order valence-electron chi connectivity index (χ2n) is 5.57. The number of carboxylic acids is 1. The molecule has 0 radical (unpaired) electrons. The molecule has 0 atom stereocenters. The lowest BCUT2D eigenvalue weighted by Crippen LogP contribution is -2.24. The van der Waals surface area contributed by atoms with E-state index >= 15 is 0 Å². The van der Waals surface area contributed by atoms with Crippen LogP contribution < -0.4 is 11.3 Å². The van der Waals surface area contributed by atoms with Crippen LogP contribution in [0, 0.1) is 12.7 Å². The third kappa shape index (κ3) is 2.25. The number of anilines is 1. The molecule has 24 heavy (non-hydrogen) atoms. The molecule has 0 saturated heterocycles. The molecule has 0 aromatic carbocycles. The number of halogens is 1. The number of nitrogen functional groups attached to an aromatic ring is 1. The van der Waals surface area contributed by atoms with Crippen LogP contribution in [0.25, 0.3) is 11.2 Å². The average molecular weight is 329 g/mol. The van der Waals surface area contributed by atoms with Gasteiger partial charge in [0, 0.05) is 23.6 Å². The summed E-state index contributed by atoms with van der Waals surface area (Å²) in [7, 11) is 0. The van der Waals surface area contributed by atoms with Crippen LogP contribution >= 0.6 is 0 Å². The highest BCUT2D eigenvalue weighted by atomic mass is 19.1. The summed E-state index contributed by atoms with van der Waals surface area (Å²) in [5, 5.41) is 9.19. The Kier molecular flexibility index (Phi) is 3.63. The molecule has 3 heterocycles. The van der Waals surface area contributed by atoms with Gasteiger partial charge in [0.2, 0.25) is 0 Å². The molecule has 0 fully saturated rings. The van der Waals surface area contributed by atoms with Crippen LogP contribution in [0.1, 0.15) is 28.4 Å². The van der Waals surface area contributed by atoms with Gasteiger partial charge in [0.25, 0.3) is 5.56 Å². The van der Waals surface area contributed by atoms with Crippen molar-refractivity contribution in [3.63, 3.8) is 0 Å². The molecule has 0 aliphatic heterocycles. The van der Waals surface area contributed by atoms with E-state index in [2.05, 4.69) is 0 Å². The van der Waals surface area contributed by atoms with Crippen LogP contribution in [0.2, 0.25) is 0 Å². The zero-order valence-electron chi connectivity index (χ0n) is 13.2. The van der Waals surface area contributed by atoms with Crippen LogP contribution in [0.15, 0.2) is 35.5 Å². The van der Waals surface area contributed by atoms with Crippen molar-refractivity contribution in [1.29, 1.82) is 0 Å². The summed E-state index contributed by atoms with van der Waals surface area (Å²) in [5.74, 6) is -1.97. The van der Waals surface area contributed by atoms with E-state index in [0.29, 0.717) is 28.8 Å². The Labute approximate surface area is 136 Å². The van der Waals surface area contributed by atoms with Gasteiger partial charge in [-0.1, -0.05) is 6.92 Å². The number of carboxylic acid groups (broad SMARTS) is 1. The number of carbonyl (C=O) groups is 1. The van der Waals surface area contributed by atoms with Crippen LogP contribution in [0.5, 0.6) is 0 Å². The van der Waals surface area contributed by atoms with Gasteiger partial charge in [-0.05, 0) is 31.0 Å². The van der Waals surface area contributed by atoms with Crippen molar-refractivity contribution in [2.75, 3.05) is 5.73 Å². The van der Waals surface area contributed by atoms with E-state index in [-0.39, 0.29) is 11.3 Å². The fourth-order valence-corrected chi connectivity index (χ4v) is 2.99. The Balaban J connectivity index is 2.47. The Morgan fingerprint density at radius 1 is 1.38 bits per heavy atom. The minimum atomic E-state index is -1.33. The van der Waals surface area contributed by atoms with Crippen molar-refractivity contribution >= 4 is 17.2 Å². The zero-order chi connectivity index (χ0) is 17.6. The summed E-state index contributed by atoms with van der Waals surface area (Å²) < 4.78 is 17.3. The molecule has 0 aliphatic carbocycles. The SMILES string of the molecule is CCc1cc(C(=O)O)c(=O)n2cc(F)c(-n3ccc(N)c3)c(C)c12. The molecule has 0 amide bonds. The van der Waals surface area contributed by atoms with E-state index in [4.69, 9.17) is 5.73 Å². The molecule has 0 spiro atoms. The summed E-state index contributed by atoms with van der Waals surface area (Å²) in [6, 6.07) is 3.00. The first-order chi connectivity index (χ1) is 11.3. The lowest BCUT2D eigenvalue weighted by molar-refractivity contribution is 0.0694. The smallest absolute Gasteiger partial charge is 0.341 e. The number of nitrogens with zero attached hydrogens (tertiary/aromatic N) is 2. The highest BCUT2D eigenvalue weighted by Crippen LogP contribution is 2.26. The van der Waals surface area contributed by atoms with Crippen molar-refractivity contribution in [3.8, 4) is 5.69 Å². The highest BCUT2D eigenvalue weighted by molar-refractivity contribution is 5.88. The minimum absolute atomic E-state index is 0.281. The maximum atomic E-state index is 14.7. The second-order valence-corrected chi connectivity index (χ2v) is 5.57. The quantitative estimate of drug-likeness (QED) is 0.772. The van der Waals surface area contributed by atoms with Crippen molar-refractivity contribution < 1.29 is 14.3 Å². The molecule has 3 rings (SSSR count). The lowest BCUT2D eigenvalue weighted by Gasteiger charge is -2.16. The van der Waals surface area contributed by atoms with E-state index in [1.54, 1.807) is 30.0 Å². The molecule has 0 saturated carbocycles. The number of pyridine rings is 2. The Hall–Kier alpha value is -3.09. The molecule has 0 aliphatic rings. The predicted octanol–water partition coefficient (Wildman–Crippen LogP) is 2.38. The van der Waals surface area contributed by atoms with E-state index in [1.165, 1.54) is 6.07 Å². The van der Waals surface area contributed by atoms with Crippen molar-refractivity contribution in [1.82, 2.24) is 8.97 Å². The van der Waals surface area contributed by atoms with Crippen LogP contribution in [0.4, 0.5) is 10.1 Å². The molecule has 7 heteroatoms. The molecule has 0 unspecified atom stereocenters. The summed E-state index contributed by atoms with van der Waals surface area (Å²) >= 11 is 0. The van der Waals surface area contributed by atoms with Gasteiger partial charge < -0.3 is 15.4 Å². The molecule has 3 N–H and O–H groups in total. The number of nitrogens with two attached hydrogens (primary N) is 1. The van der Waals surface area contributed by atoms with E-state index in [1.807, 2.05) is 6.92 Å². The predicted molar refractivity (Wildman–Crippen MR) is 88.4 cm³/mol. The summed E-state index contributed by atoms with van der Waals surface area (Å²) in [4.78, 5) is 23.7. The molecule has 3 aromatic heterocycles. The van der Waals surface area contributed by atoms with Crippen molar-refractivity contribution in [3.05, 3.63) is 63.6 Å². The monoisotopic (exact) mass is 329 g/mol. The third-order valence-electron chi connectivity index (χ3n) is 4.08. The number of hydrogen-bond acceptors (Lipinski definition) is 3. The third-order valence-corrected chi connectivity index (χ3v) is 4.08. The second kappa shape index (κ2) is 5.52. The number of rotatable bonds is 3. The highest BCUT2D eigenvalue weighted by Gasteiger charge is 2.20. The standard InChI is InChI=1S/C17H16FN3O3/c1-3-10-6-12(17(23)24)16(22)21-8-13(18)15(9(2)14(10)21)20-5-4-11(19)7-20/h4-8H,3,19H2,1-2H3,(H,23,24). The molecule has 6 nitrogen and oxygen atoms in total. The minimum Gasteiger partial charge on any atom is -0.477 e. The maximum absolute atomic E-state index is 14.7. The number of aromatic nitrogens is 2. The summed E-state index contributed by atoms with van der Waals surface area (Å²) in [6.45, 7) is 3.55. The molecular weight excluding hydrogens is 313 g/mol. The number of hydrogen-bond donors (Lipinski definition) is 2. The van der Waals surface area contributed by atoms with Crippen molar-refractivity contribution in [2.24, 2.45) is 0 Å². The van der Waals surface area contributed by atoms with E-state index in [0.717, 1.165) is 10.6 Å². The van der Waals surface area contributed by atoms with Gasteiger partial charge in [-0.25, -0.2) is 9.18 Å². The van der Waals surface area contributed by atoms with Crippen LogP contribution in [-0.2, 0) is 6.42 Å². The largest absolute Gasteiger partial charge is 0.477 e. The average Bonchev–Trinajstić information content (AvgIpc) is 2.94. The van der Waals surface area contributed by atoms with Crippen LogP contribution in [0.3, 0.4) is 0 Å². The van der Waals surface area contributed by atoms with Gasteiger partial charge in [-0.15, -0.1) is 0 Å². The number of aryl methyl sites for hydroxylation is 2. The fourth-order valence-electron chi connectivity index (χ4n) is 2.99. The number of fused-ring (bicyclic) bond motifs is 1. The summed E-state index contributed by atoms with van der Waals surface area (Å²) in [5.41, 5.74) is 7.05. The fraction of sp³-hybridized carbons (Fsp3) is 0.176. The van der Waals surface area contributed by atoms with E-state index < -0.39 is 17.3 Å². The molecule has 0 bridgehead atoms. The molecular formula is C17H16FN3O3. The van der Waals surface area contributed by atoms with Gasteiger partial charge in [0.1, 0.15) is 5.56 Å². The van der Waals surface area contributed by atoms with Gasteiger partial charge in [0.05, 0.1) is 17.4 Å². The lowest BCUT2D eigenvalue weighted by atomic mass is 10.0. The van der Waals surface area contributed by atoms with Gasteiger partial charge in [0.15, 0.2) is 5.82 Å². The Morgan fingerprint density at radius 2 is 2.08 bits per heavy atom. The topological polar surface area (TPSA) is 89.7 Å². The number of aromatic carboxylic acids is 1. The molecule has 3 aromatic rings. The Morgan fingerprint density at radius 3 is 2.62 bits per heavy atom. The van der Waals surface area contributed by atoms with Gasteiger partial charge in [-0.2, -0.15) is 0 Å². The maximum Gasteiger partial charge on any atom is 0.341 e. The Bertz CT molecular complexity index is 1030. The van der Waals surface area contributed by atoms with Gasteiger partial charge >= 0.3 is 5.97 Å². The first kappa shape index (κ1) is 15.8. The zero-order valence-corrected chi connectivity index (χ0v) is 13.2. The van der Waals surface area contributed by atoms with Crippen LogP contribution in [-0.4, -0.2) is 20.0 Å². The molecule has 124 valence electrons. The first-order valence-corrected chi connectivity index (χ1v) is 7.39. The first-order valence-electron chi connectivity index (χ1n) is 7.39.